The number of hydrogen-bond donors (Lipinski definition) is 0. The summed E-state index contributed by atoms with van der Waals surface area (Å²) in [7, 11) is 0. The van der Waals surface area contributed by atoms with E-state index in [-0.39, 0.29) is 0 Å². The number of benzene rings is 11. The van der Waals surface area contributed by atoms with Crippen LogP contribution >= 0.6 is 11.3 Å². The van der Waals surface area contributed by atoms with Gasteiger partial charge in [-0.2, -0.15) is 0 Å². The van der Waals surface area contributed by atoms with Gasteiger partial charge in [-0.15, -0.1) is 11.3 Å². The molecule has 5 heterocycles. The van der Waals surface area contributed by atoms with Gasteiger partial charge in [-0.3, -0.25) is 4.57 Å². The first-order valence-corrected chi connectivity index (χ1v) is 25.2. The standard InChI is InChI=1S/C66H38N4OS/c1-3-15-41(16-4-1)60-37-45-23-29-53-63(65(45)72-60)64(42-17-5-2-6-18-42)68-66(67-53)70-55-31-27-44(36-52(55)62-48-20-10-8-14-40(48)25-33-57(62)70)43-26-30-54-51(35-43)61-47-19-9-7-13-39(47)24-32-56(61)69(54)46-28-34-59-50(38-46)49-21-11-12-22-58(49)71-59/h1-38H. The molecule has 5 aromatic heterocycles. The molecule has 72 heavy (non-hydrogen) atoms. The Bertz CT molecular complexity index is 4920. The van der Waals surface area contributed by atoms with E-state index in [1.807, 2.05) is 23.5 Å². The Labute approximate surface area is 415 Å². The normalized spacial score (nSPS) is 12.2. The van der Waals surface area contributed by atoms with Crippen molar-refractivity contribution in [3.8, 4) is 44.5 Å². The molecule has 0 aliphatic rings. The first-order chi connectivity index (χ1) is 35.7. The van der Waals surface area contributed by atoms with Crippen LogP contribution in [0, 0.1) is 0 Å². The number of thiophene rings is 1. The van der Waals surface area contributed by atoms with Crippen molar-refractivity contribution < 1.29 is 4.42 Å². The van der Waals surface area contributed by atoms with Gasteiger partial charge in [-0.05, 0) is 116 Å². The number of fused-ring (bicyclic) bond motifs is 16. The molecule has 0 amide bonds. The van der Waals surface area contributed by atoms with E-state index in [1.165, 1.54) is 63.7 Å². The van der Waals surface area contributed by atoms with E-state index < -0.39 is 0 Å². The fourth-order valence-electron chi connectivity index (χ4n) is 11.6. The van der Waals surface area contributed by atoms with Crippen LogP contribution in [0.4, 0.5) is 0 Å². The predicted octanol–water partition coefficient (Wildman–Crippen LogP) is 18.2. The van der Waals surface area contributed by atoms with E-state index in [0.29, 0.717) is 5.95 Å². The Morgan fingerprint density at radius 2 is 0.917 bits per heavy atom. The zero-order valence-corrected chi connectivity index (χ0v) is 39.4. The smallest absolute Gasteiger partial charge is 0.235 e. The first-order valence-electron chi connectivity index (χ1n) is 24.4. The second-order valence-electron chi connectivity index (χ2n) is 18.9. The third-order valence-electron chi connectivity index (χ3n) is 14.9. The van der Waals surface area contributed by atoms with Crippen molar-refractivity contribution >= 4 is 119 Å². The summed E-state index contributed by atoms with van der Waals surface area (Å²) in [6, 6.07) is 83.2. The Balaban J connectivity index is 0.926. The van der Waals surface area contributed by atoms with Gasteiger partial charge in [0.25, 0.3) is 0 Å². The summed E-state index contributed by atoms with van der Waals surface area (Å²) in [5, 5.41) is 14.1. The zero-order chi connectivity index (χ0) is 47.0. The number of rotatable bonds is 5. The first kappa shape index (κ1) is 39.5. The molecule has 0 aliphatic carbocycles. The maximum Gasteiger partial charge on any atom is 0.235 e. The Morgan fingerprint density at radius 3 is 1.62 bits per heavy atom. The molecule has 0 aliphatic heterocycles. The van der Waals surface area contributed by atoms with Crippen molar-refractivity contribution in [2.75, 3.05) is 0 Å². The minimum atomic E-state index is 0.645. The summed E-state index contributed by atoms with van der Waals surface area (Å²) in [5.74, 6) is 0.645. The highest BCUT2D eigenvalue weighted by Crippen LogP contribution is 2.45. The van der Waals surface area contributed by atoms with Gasteiger partial charge < -0.3 is 8.98 Å². The largest absolute Gasteiger partial charge is 0.456 e. The molecule has 0 radical (unpaired) electrons. The lowest BCUT2D eigenvalue weighted by Crippen LogP contribution is -2.03. The van der Waals surface area contributed by atoms with Crippen LogP contribution in [0.25, 0.3) is 153 Å². The molecule has 0 saturated heterocycles. The average Bonchev–Trinajstić information content (AvgIpc) is 4.22. The van der Waals surface area contributed by atoms with E-state index in [0.717, 1.165) is 82.8 Å². The fourth-order valence-corrected chi connectivity index (χ4v) is 12.8. The molecule has 0 spiro atoms. The molecular weight excluding hydrogens is 897 g/mol. The Kier molecular flexibility index (Phi) is 8.26. The number of para-hydroxylation sites is 1. The molecule has 16 rings (SSSR count). The average molecular weight is 935 g/mol. The third kappa shape index (κ3) is 5.75. The summed E-state index contributed by atoms with van der Waals surface area (Å²) in [5.41, 5.74) is 13.7. The van der Waals surface area contributed by atoms with E-state index in [2.05, 4.69) is 228 Å². The lowest BCUT2D eigenvalue weighted by molar-refractivity contribution is 0.669. The topological polar surface area (TPSA) is 48.8 Å². The highest BCUT2D eigenvalue weighted by molar-refractivity contribution is 7.23. The highest BCUT2D eigenvalue weighted by Gasteiger charge is 2.23. The molecule has 0 saturated carbocycles. The van der Waals surface area contributed by atoms with Gasteiger partial charge in [0.05, 0.1) is 33.3 Å². The fraction of sp³-hybridized carbons (Fsp3) is 0. The SMILES string of the molecule is c1ccc(-c2cc3ccc4nc(-n5c6ccc(-c7ccc8c(c7)c7c9ccccc9ccc7n8-c7ccc8oc9ccccc9c8c7)cc6c6c7ccccc7ccc65)nc(-c5ccccc5)c4c3s2)cc1. The molecule has 0 atom stereocenters. The van der Waals surface area contributed by atoms with E-state index in [4.69, 9.17) is 14.4 Å². The van der Waals surface area contributed by atoms with Crippen LogP contribution in [0.1, 0.15) is 0 Å². The predicted molar refractivity (Wildman–Crippen MR) is 302 cm³/mol. The minimum absolute atomic E-state index is 0.645. The van der Waals surface area contributed by atoms with Gasteiger partial charge >= 0.3 is 0 Å². The summed E-state index contributed by atoms with van der Waals surface area (Å²) in [4.78, 5) is 12.3. The second-order valence-corrected chi connectivity index (χ2v) is 19.9. The van der Waals surface area contributed by atoms with Crippen LogP contribution in [-0.2, 0) is 0 Å². The van der Waals surface area contributed by atoms with Gasteiger partial charge in [-0.1, -0.05) is 158 Å². The van der Waals surface area contributed by atoms with E-state index in [9.17, 15) is 0 Å². The molecule has 11 aromatic carbocycles. The molecular formula is C66H38N4OS. The molecule has 5 nitrogen and oxygen atoms in total. The van der Waals surface area contributed by atoms with Crippen molar-refractivity contribution in [3.63, 3.8) is 0 Å². The number of hydrogen-bond acceptors (Lipinski definition) is 4. The van der Waals surface area contributed by atoms with Gasteiger partial charge in [-0.25, -0.2) is 9.97 Å². The number of furan rings is 1. The highest BCUT2D eigenvalue weighted by atomic mass is 32.1. The van der Waals surface area contributed by atoms with Crippen molar-refractivity contribution in [2.24, 2.45) is 0 Å². The van der Waals surface area contributed by atoms with Gasteiger partial charge in [0, 0.05) is 58.5 Å². The maximum atomic E-state index is 6.28. The second kappa shape index (κ2) is 15.1. The summed E-state index contributed by atoms with van der Waals surface area (Å²) >= 11 is 1.81. The van der Waals surface area contributed by atoms with Crippen LogP contribution in [0.2, 0.25) is 0 Å². The Hall–Kier alpha value is -9.36. The molecule has 0 fully saturated rings. The van der Waals surface area contributed by atoms with Gasteiger partial charge in [0.1, 0.15) is 11.2 Å². The molecule has 0 bridgehead atoms. The molecule has 16 aromatic rings. The van der Waals surface area contributed by atoms with Crippen molar-refractivity contribution in [1.29, 1.82) is 0 Å². The van der Waals surface area contributed by atoms with E-state index >= 15 is 0 Å². The summed E-state index contributed by atoms with van der Waals surface area (Å²) in [6.45, 7) is 0. The maximum absolute atomic E-state index is 6.28. The quantitative estimate of drug-likeness (QED) is 0.173. The lowest BCUT2D eigenvalue weighted by Gasteiger charge is -2.13. The molecule has 0 unspecified atom stereocenters. The number of nitrogens with zero attached hydrogens (tertiary/aromatic N) is 4. The van der Waals surface area contributed by atoms with Crippen LogP contribution in [0.5, 0.6) is 0 Å². The van der Waals surface area contributed by atoms with Crippen molar-refractivity contribution in [2.45, 2.75) is 0 Å². The summed E-state index contributed by atoms with van der Waals surface area (Å²) in [6.07, 6.45) is 0. The number of aromatic nitrogens is 4. The minimum Gasteiger partial charge on any atom is -0.456 e. The van der Waals surface area contributed by atoms with Gasteiger partial charge in [0.2, 0.25) is 5.95 Å². The Morgan fingerprint density at radius 1 is 0.347 bits per heavy atom. The zero-order valence-electron chi connectivity index (χ0n) is 38.5. The molecule has 334 valence electrons. The molecule has 6 heteroatoms. The van der Waals surface area contributed by atoms with E-state index in [1.54, 1.807) is 0 Å². The van der Waals surface area contributed by atoms with Crippen molar-refractivity contribution in [1.82, 2.24) is 19.1 Å². The van der Waals surface area contributed by atoms with Crippen LogP contribution in [0.15, 0.2) is 235 Å². The monoisotopic (exact) mass is 934 g/mol. The third-order valence-corrected chi connectivity index (χ3v) is 16.1. The summed E-state index contributed by atoms with van der Waals surface area (Å²) < 4.78 is 12.2. The van der Waals surface area contributed by atoms with Gasteiger partial charge in [0.15, 0.2) is 0 Å². The molecule has 0 N–H and O–H groups in total. The van der Waals surface area contributed by atoms with Crippen LogP contribution in [-0.4, -0.2) is 19.1 Å². The van der Waals surface area contributed by atoms with Crippen LogP contribution < -0.4 is 0 Å². The van der Waals surface area contributed by atoms with Crippen molar-refractivity contribution in [3.05, 3.63) is 231 Å². The lowest BCUT2D eigenvalue weighted by atomic mass is 9.98. The van der Waals surface area contributed by atoms with Crippen LogP contribution in [0.3, 0.4) is 0 Å².